The van der Waals surface area contributed by atoms with Gasteiger partial charge in [-0.05, 0) is 50.9 Å². The molecule has 0 spiro atoms. The Balaban J connectivity index is 1.12. The molecule has 4 atom stereocenters. The summed E-state index contributed by atoms with van der Waals surface area (Å²) < 4.78 is 19.7. The number of amides is 1. The highest BCUT2D eigenvalue weighted by Gasteiger charge is 2.42. The van der Waals surface area contributed by atoms with Gasteiger partial charge in [0.1, 0.15) is 0 Å². The summed E-state index contributed by atoms with van der Waals surface area (Å²) in [5.74, 6) is -1.48. The van der Waals surface area contributed by atoms with Crippen LogP contribution in [-0.4, -0.2) is 55.0 Å². The summed E-state index contributed by atoms with van der Waals surface area (Å²) in [4.78, 5) is 36.5. The summed E-state index contributed by atoms with van der Waals surface area (Å²) >= 11 is 1.51. The molecule has 0 saturated carbocycles. The van der Waals surface area contributed by atoms with Crippen LogP contribution in [-0.2, 0) is 34.4 Å². The molecule has 3 heterocycles. The summed E-state index contributed by atoms with van der Waals surface area (Å²) in [7, 11) is 1.80. The molecule has 2 N–H and O–H groups in total. The first kappa shape index (κ1) is 32.3. The number of aryl methyl sites for hydroxylation is 1. The predicted octanol–water partition coefficient (Wildman–Crippen LogP) is 4.67. The van der Waals surface area contributed by atoms with Gasteiger partial charge in [-0.1, -0.05) is 90.6 Å². The Hall–Kier alpha value is -5.21. The number of carbonyl (C=O) groups is 3. The third-order valence-corrected chi connectivity index (χ3v) is 9.64. The van der Waals surface area contributed by atoms with E-state index < -0.39 is 24.1 Å². The first-order chi connectivity index (χ1) is 23.9. The summed E-state index contributed by atoms with van der Waals surface area (Å²) in [6.07, 6.45) is -1.39. The molecule has 1 aromatic heterocycles. The van der Waals surface area contributed by atoms with Gasteiger partial charge >= 0.3 is 11.9 Å². The lowest BCUT2D eigenvalue weighted by atomic mass is 9.84. The molecule has 49 heavy (non-hydrogen) atoms. The van der Waals surface area contributed by atoms with Crippen LogP contribution in [0.2, 0.25) is 0 Å². The van der Waals surface area contributed by atoms with E-state index in [1.165, 1.54) is 30.0 Å². The van der Waals surface area contributed by atoms with E-state index >= 15 is 0 Å². The molecule has 0 radical (unpaired) electrons. The predicted molar refractivity (Wildman–Crippen MR) is 176 cm³/mol. The van der Waals surface area contributed by atoms with Crippen molar-refractivity contribution in [3.05, 3.63) is 142 Å². The van der Waals surface area contributed by atoms with E-state index in [4.69, 9.17) is 9.47 Å². The van der Waals surface area contributed by atoms with Crippen LogP contribution in [0, 0.1) is 0 Å². The third kappa shape index (κ3) is 6.87. The van der Waals surface area contributed by atoms with Crippen LogP contribution in [0.3, 0.4) is 0 Å². The Labute approximate surface area is 285 Å². The van der Waals surface area contributed by atoms with Crippen LogP contribution >= 0.6 is 11.8 Å². The fourth-order valence-electron chi connectivity index (χ4n) is 5.96. The van der Waals surface area contributed by atoms with Crippen molar-refractivity contribution < 1.29 is 33.7 Å². The number of carbonyl (C=O) groups excluding carboxylic acids is 3. The molecule has 7 rings (SSSR count). The number of fused-ring (bicyclic) bond motifs is 1. The van der Waals surface area contributed by atoms with Gasteiger partial charge in [0, 0.05) is 36.4 Å². The van der Waals surface area contributed by atoms with Crippen molar-refractivity contribution in [2.24, 2.45) is 7.05 Å². The van der Waals surface area contributed by atoms with Gasteiger partial charge < -0.3 is 24.6 Å². The number of thioether (sulfide) groups is 1. The number of nitrogens with zero attached hydrogens (tertiary/aromatic N) is 4. The smallest absolute Gasteiger partial charge is 0.346 e. The number of nitrogens with one attached hydrogen (secondary N) is 1. The fourth-order valence-corrected chi connectivity index (χ4v) is 6.87. The zero-order valence-electron chi connectivity index (χ0n) is 26.3. The molecule has 1 amide bonds. The van der Waals surface area contributed by atoms with E-state index in [1.807, 2.05) is 66.7 Å². The lowest BCUT2D eigenvalue weighted by Gasteiger charge is -2.43. The summed E-state index contributed by atoms with van der Waals surface area (Å²) in [6.45, 7) is 0.174. The number of aromatic nitrogens is 4. The minimum Gasteiger partial charge on any atom is -0.392 e. The van der Waals surface area contributed by atoms with Gasteiger partial charge in [-0.25, -0.2) is 14.3 Å². The maximum Gasteiger partial charge on any atom is 0.346 e. The normalized spacial score (nSPS) is 20.1. The summed E-state index contributed by atoms with van der Waals surface area (Å²) in [6, 6.07) is 29.8. The number of hydrogen-bond donors (Lipinski definition) is 2. The standard InChI is InChI=1S/C36H31N5O7S/c1-41-36(38-39-40-41)49-20-29-30(23-5-3-2-4-6-23)31(24-11-9-22(19-42)10-12-24)47-35(46-29)25-13-7-21(8-14-25)18-37-32(43)26-15-16-27-28(17-26)34(45)48-33(27)44/h2-17,29-31,35,42H,18-20H2,1H3,(H,37,43)/t29-,30-,31+,35?/m1/s1. The summed E-state index contributed by atoms with van der Waals surface area (Å²) in [5, 5.41) is 25.1. The largest absolute Gasteiger partial charge is 0.392 e. The molecule has 2 aliphatic rings. The highest BCUT2D eigenvalue weighted by Crippen LogP contribution is 2.48. The van der Waals surface area contributed by atoms with Crippen molar-refractivity contribution in [1.29, 1.82) is 0 Å². The van der Waals surface area contributed by atoms with E-state index in [9.17, 15) is 19.5 Å². The van der Waals surface area contributed by atoms with Crippen molar-refractivity contribution in [1.82, 2.24) is 25.5 Å². The number of aliphatic hydroxyl groups is 1. The molecular weight excluding hydrogens is 646 g/mol. The van der Waals surface area contributed by atoms with Crippen LogP contribution in [0.5, 0.6) is 0 Å². The molecule has 13 heteroatoms. The number of benzene rings is 4. The van der Waals surface area contributed by atoms with Crippen LogP contribution in [0.1, 0.15) is 77.2 Å². The van der Waals surface area contributed by atoms with Crippen LogP contribution < -0.4 is 5.32 Å². The maximum absolute atomic E-state index is 12.9. The van der Waals surface area contributed by atoms with Gasteiger partial charge in [0.2, 0.25) is 5.16 Å². The molecular formula is C36H31N5O7S. The van der Waals surface area contributed by atoms with Crippen LogP contribution in [0.25, 0.3) is 0 Å². The van der Waals surface area contributed by atoms with Crippen molar-refractivity contribution in [2.45, 2.75) is 42.7 Å². The van der Waals surface area contributed by atoms with E-state index in [2.05, 4.69) is 37.7 Å². The lowest BCUT2D eigenvalue weighted by Crippen LogP contribution is -2.38. The molecule has 5 aromatic rings. The molecule has 1 unspecified atom stereocenters. The molecule has 248 valence electrons. The number of ether oxygens (including phenoxy) is 3. The molecule has 4 aromatic carbocycles. The minimum absolute atomic E-state index is 0.0551. The van der Waals surface area contributed by atoms with Crippen molar-refractivity contribution in [3.63, 3.8) is 0 Å². The highest BCUT2D eigenvalue weighted by molar-refractivity contribution is 7.99. The Bertz CT molecular complexity index is 1990. The Morgan fingerprint density at radius 1 is 0.857 bits per heavy atom. The second-order valence-electron chi connectivity index (χ2n) is 11.7. The number of esters is 2. The van der Waals surface area contributed by atoms with Crippen LogP contribution in [0.15, 0.2) is 102 Å². The Kier molecular flexibility index (Phi) is 9.31. The van der Waals surface area contributed by atoms with Gasteiger partial charge in [-0.2, -0.15) is 0 Å². The first-order valence-corrected chi connectivity index (χ1v) is 16.5. The van der Waals surface area contributed by atoms with E-state index in [0.717, 1.165) is 27.8 Å². The van der Waals surface area contributed by atoms with Crippen molar-refractivity contribution in [3.8, 4) is 0 Å². The zero-order chi connectivity index (χ0) is 33.9. The van der Waals surface area contributed by atoms with Gasteiger partial charge in [0.15, 0.2) is 6.29 Å². The molecule has 1 fully saturated rings. The highest BCUT2D eigenvalue weighted by atomic mass is 32.2. The lowest BCUT2D eigenvalue weighted by molar-refractivity contribution is -0.255. The number of rotatable bonds is 10. The Morgan fingerprint density at radius 2 is 1.57 bits per heavy atom. The topological polar surface area (TPSA) is 155 Å². The molecule has 0 aliphatic carbocycles. The quantitative estimate of drug-likeness (QED) is 0.120. The van der Waals surface area contributed by atoms with Crippen LogP contribution in [0.4, 0.5) is 0 Å². The van der Waals surface area contributed by atoms with Crippen molar-refractivity contribution >= 4 is 29.6 Å². The zero-order valence-corrected chi connectivity index (χ0v) is 27.1. The van der Waals surface area contributed by atoms with E-state index in [1.54, 1.807) is 11.7 Å². The minimum atomic E-state index is -0.761. The van der Waals surface area contributed by atoms with Gasteiger partial charge in [-0.3, -0.25) is 4.79 Å². The average Bonchev–Trinajstić information content (AvgIpc) is 3.69. The molecule has 0 bridgehead atoms. The van der Waals surface area contributed by atoms with Gasteiger partial charge in [0.05, 0.1) is 29.9 Å². The van der Waals surface area contributed by atoms with E-state index in [-0.39, 0.29) is 48.0 Å². The second-order valence-corrected chi connectivity index (χ2v) is 12.6. The number of tetrazole rings is 1. The van der Waals surface area contributed by atoms with Gasteiger partial charge in [0.25, 0.3) is 5.91 Å². The maximum atomic E-state index is 12.9. The monoisotopic (exact) mass is 677 g/mol. The first-order valence-electron chi connectivity index (χ1n) is 15.6. The second kappa shape index (κ2) is 14.1. The fraction of sp³-hybridized carbons (Fsp3) is 0.222. The SMILES string of the molecule is Cn1nnnc1SC[C@H]1OC(c2ccc(CNC(=O)c3ccc4c(c3)C(=O)OC4=O)cc2)O[C@@H](c2ccc(CO)cc2)[C@@H]1c1ccccc1. The average molecular weight is 678 g/mol. The molecule has 1 saturated heterocycles. The van der Waals surface area contributed by atoms with Gasteiger partial charge in [-0.15, -0.1) is 5.10 Å². The molecule has 2 aliphatic heterocycles. The van der Waals surface area contributed by atoms with Crippen molar-refractivity contribution in [2.75, 3.05) is 5.75 Å². The summed E-state index contributed by atoms with van der Waals surface area (Å²) in [5.41, 5.74) is 4.95. The number of cyclic esters (lactones) is 2. The Morgan fingerprint density at radius 3 is 2.29 bits per heavy atom. The third-order valence-electron chi connectivity index (χ3n) is 8.54. The van der Waals surface area contributed by atoms with E-state index in [0.29, 0.717) is 10.9 Å². The number of aliphatic hydroxyl groups excluding tert-OH is 1. The molecule has 12 nitrogen and oxygen atoms in total. The number of hydrogen-bond acceptors (Lipinski definition) is 11.